The van der Waals surface area contributed by atoms with E-state index in [1.165, 1.54) is 11.3 Å². The molecule has 1 heterocycles. The zero-order valence-electron chi connectivity index (χ0n) is 14.7. The lowest BCUT2D eigenvalue weighted by molar-refractivity contribution is -0.118. The van der Waals surface area contributed by atoms with E-state index >= 15 is 0 Å². The summed E-state index contributed by atoms with van der Waals surface area (Å²) in [6, 6.07) is 7.97. The Balaban J connectivity index is 2.14. The van der Waals surface area contributed by atoms with Crippen molar-refractivity contribution in [3.63, 3.8) is 0 Å². The standard InChI is InChI=1S/C18H22N2O4S/c1-11(2)16(20-17(21)15-6-5-7-25-15)18(22)19-12-8-13(23-3)10-14(9-12)24-4/h5-11,16H,1-4H3,(H,19,22)(H,20,21)/t16-/m1/s1. The molecule has 0 radical (unpaired) electrons. The lowest BCUT2D eigenvalue weighted by Gasteiger charge is -2.21. The third-order valence-corrected chi connectivity index (χ3v) is 4.47. The zero-order valence-corrected chi connectivity index (χ0v) is 15.5. The molecule has 6 nitrogen and oxygen atoms in total. The largest absolute Gasteiger partial charge is 0.497 e. The Morgan fingerprint density at radius 3 is 2.20 bits per heavy atom. The number of rotatable bonds is 7. The molecule has 0 bridgehead atoms. The van der Waals surface area contributed by atoms with Crippen molar-refractivity contribution in [2.24, 2.45) is 5.92 Å². The fraction of sp³-hybridized carbons (Fsp3) is 0.333. The second-order valence-corrected chi connectivity index (χ2v) is 6.71. The molecular formula is C18H22N2O4S. The van der Waals surface area contributed by atoms with E-state index in [0.29, 0.717) is 22.1 Å². The van der Waals surface area contributed by atoms with Crippen molar-refractivity contribution in [2.75, 3.05) is 19.5 Å². The average molecular weight is 362 g/mol. The fourth-order valence-electron chi connectivity index (χ4n) is 2.25. The van der Waals surface area contributed by atoms with Crippen LogP contribution in [-0.4, -0.2) is 32.1 Å². The van der Waals surface area contributed by atoms with E-state index in [4.69, 9.17) is 9.47 Å². The monoisotopic (exact) mass is 362 g/mol. The molecule has 25 heavy (non-hydrogen) atoms. The molecule has 0 aliphatic rings. The zero-order chi connectivity index (χ0) is 18.4. The van der Waals surface area contributed by atoms with Crippen LogP contribution >= 0.6 is 11.3 Å². The summed E-state index contributed by atoms with van der Waals surface area (Å²) >= 11 is 1.33. The van der Waals surface area contributed by atoms with Gasteiger partial charge in [0.25, 0.3) is 5.91 Å². The van der Waals surface area contributed by atoms with Crippen LogP contribution in [0, 0.1) is 5.92 Å². The van der Waals surface area contributed by atoms with Gasteiger partial charge in [-0.3, -0.25) is 9.59 Å². The van der Waals surface area contributed by atoms with Gasteiger partial charge >= 0.3 is 0 Å². The van der Waals surface area contributed by atoms with E-state index in [2.05, 4.69) is 10.6 Å². The maximum atomic E-state index is 12.7. The highest BCUT2D eigenvalue weighted by molar-refractivity contribution is 7.12. The van der Waals surface area contributed by atoms with Gasteiger partial charge in [-0.2, -0.15) is 0 Å². The first-order valence-corrected chi connectivity index (χ1v) is 8.71. The summed E-state index contributed by atoms with van der Waals surface area (Å²) in [7, 11) is 3.08. The van der Waals surface area contributed by atoms with Crippen LogP contribution in [-0.2, 0) is 4.79 Å². The third-order valence-electron chi connectivity index (χ3n) is 3.60. The molecule has 134 valence electrons. The first kappa shape index (κ1) is 18.8. The van der Waals surface area contributed by atoms with Crippen LogP contribution in [0.25, 0.3) is 0 Å². The highest BCUT2D eigenvalue weighted by Gasteiger charge is 2.25. The highest BCUT2D eigenvalue weighted by Crippen LogP contribution is 2.26. The van der Waals surface area contributed by atoms with Crippen molar-refractivity contribution in [3.8, 4) is 11.5 Å². The van der Waals surface area contributed by atoms with Gasteiger partial charge in [0.2, 0.25) is 5.91 Å². The van der Waals surface area contributed by atoms with Crippen LogP contribution in [0.15, 0.2) is 35.7 Å². The molecule has 2 amide bonds. The molecule has 1 aromatic heterocycles. The van der Waals surface area contributed by atoms with Gasteiger partial charge in [-0.15, -0.1) is 11.3 Å². The summed E-state index contributed by atoms with van der Waals surface area (Å²) in [4.78, 5) is 25.5. The van der Waals surface area contributed by atoms with Crippen molar-refractivity contribution < 1.29 is 19.1 Å². The number of thiophene rings is 1. The van der Waals surface area contributed by atoms with Gasteiger partial charge in [0.05, 0.1) is 19.1 Å². The van der Waals surface area contributed by atoms with Gasteiger partial charge in [0, 0.05) is 23.9 Å². The van der Waals surface area contributed by atoms with Crippen LogP contribution in [0.4, 0.5) is 5.69 Å². The Hall–Kier alpha value is -2.54. The molecule has 7 heteroatoms. The number of carbonyl (C=O) groups excluding carboxylic acids is 2. The van der Waals surface area contributed by atoms with Crippen LogP contribution in [0.2, 0.25) is 0 Å². The maximum Gasteiger partial charge on any atom is 0.262 e. The Labute approximate surface area is 151 Å². The van der Waals surface area contributed by atoms with Crippen LogP contribution in [0.1, 0.15) is 23.5 Å². The molecule has 0 saturated carbocycles. The van der Waals surface area contributed by atoms with E-state index in [1.807, 2.05) is 19.2 Å². The van der Waals surface area contributed by atoms with Gasteiger partial charge < -0.3 is 20.1 Å². The number of hydrogen-bond donors (Lipinski definition) is 2. The summed E-state index contributed by atoms with van der Waals surface area (Å²) in [6.07, 6.45) is 0. The summed E-state index contributed by atoms with van der Waals surface area (Å²) in [5.41, 5.74) is 0.539. The first-order chi connectivity index (χ1) is 11.9. The van der Waals surface area contributed by atoms with Gasteiger partial charge in [-0.25, -0.2) is 0 Å². The summed E-state index contributed by atoms with van der Waals surface area (Å²) < 4.78 is 10.4. The molecule has 2 rings (SSSR count). The van der Waals surface area contributed by atoms with E-state index in [9.17, 15) is 9.59 Å². The first-order valence-electron chi connectivity index (χ1n) is 7.83. The second kappa shape index (κ2) is 8.53. The molecule has 0 spiro atoms. The summed E-state index contributed by atoms with van der Waals surface area (Å²) in [6.45, 7) is 3.76. The molecule has 0 unspecified atom stereocenters. The highest BCUT2D eigenvalue weighted by atomic mass is 32.1. The minimum absolute atomic E-state index is 0.0728. The number of ether oxygens (including phenoxy) is 2. The van der Waals surface area contributed by atoms with E-state index < -0.39 is 6.04 Å². The molecule has 1 atom stereocenters. The molecule has 2 aromatic rings. The molecule has 0 aliphatic heterocycles. The Bertz CT molecular complexity index is 706. The molecular weight excluding hydrogens is 340 g/mol. The third kappa shape index (κ3) is 4.96. The van der Waals surface area contributed by atoms with Crippen molar-refractivity contribution >= 4 is 28.8 Å². The lowest BCUT2D eigenvalue weighted by Crippen LogP contribution is -2.46. The Morgan fingerprint density at radius 1 is 1.08 bits per heavy atom. The molecule has 2 N–H and O–H groups in total. The number of benzene rings is 1. The van der Waals surface area contributed by atoms with Gasteiger partial charge in [-0.1, -0.05) is 19.9 Å². The van der Waals surface area contributed by atoms with Crippen LogP contribution < -0.4 is 20.1 Å². The Morgan fingerprint density at radius 2 is 1.72 bits per heavy atom. The smallest absolute Gasteiger partial charge is 0.262 e. The number of anilines is 1. The average Bonchev–Trinajstić information content (AvgIpc) is 3.13. The topological polar surface area (TPSA) is 76.7 Å². The number of hydrogen-bond acceptors (Lipinski definition) is 5. The molecule has 1 aromatic carbocycles. The maximum absolute atomic E-state index is 12.7. The quantitative estimate of drug-likeness (QED) is 0.793. The summed E-state index contributed by atoms with van der Waals surface area (Å²) in [5, 5.41) is 7.43. The minimum Gasteiger partial charge on any atom is -0.497 e. The van der Waals surface area contributed by atoms with Crippen LogP contribution in [0.5, 0.6) is 11.5 Å². The second-order valence-electron chi connectivity index (χ2n) is 5.76. The van der Waals surface area contributed by atoms with Crippen molar-refractivity contribution in [1.82, 2.24) is 5.32 Å². The van der Waals surface area contributed by atoms with Gasteiger partial charge in [0.15, 0.2) is 0 Å². The van der Waals surface area contributed by atoms with Gasteiger partial charge in [0.1, 0.15) is 17.5 Å². The molecule has 0 aliphatic carbocycles. The summed E-state index contributed by atoms with van der Waals surface area (Å²) in [5.74, 6) is 0.510. The predicted molar refractivity (Wildman–Crippen MR) is 98.6 cm³/mol. The van der Waals surface area contributed by atoms with Crippen molar-refractivity contribution in [2.45, 2.75) is 19.9 Å². The van der Waals surface area contributed by atoms with Crippen molar-refractivity contribution in [3.05, 3.63) is 40.6 Å². The fourth-order valence-corrected chi connectivity index (χ4v) is 2.88. The number of nitrogens with one attached hydrogen (secondary N) is 2. The number of amides is 2. The van der Waals surface area contributed by atoms with E-state index in [-0.39, 0.29) is 17.7 Å². The van der Waals surface area contributed by atoms with E-state index in [1.54, 1.807) is 44.6 Å². The van der Waals surface area contributed by atoms with Gasteiger partial charge in [-0.05, 0) is 17.4 Å². The SMILES string of the molecule is COc1cc(NC(=O)[C@H](NC(=O)c2cccs2)C(C)C)cc(OC)c1. The van der Waals surface area contributed by atoms with Crippen molar-refractivity contribution in [1.29, 1.82) is 0 Å². The normalized spacial score (nSPS) is 11.7. The lowest BCUT2D eigenvalue weighted by atomic mass is 10.0. The van der Waals surface area contributed by atoms with Crippen LogP contribution in [0.3, 0.4) is 0 Å². The Kier molecular flexibility index (Phi) is 6.41. The molecule has 0 fully saturated rings. The number of carbonyl (C=O) groups is 2. The number of methoxy groups -OCH3 is 2. The minimum atomic E-state index is -0.660. The van der Waals surface area contributed by atoms with E-state index in [0.717, 1.165) is 0 Å². The molecule has 0 saturated heterocycles. The predicted octanol–water partition coefficient (Wildman–Crippen LogP) is 3.16.